The molecular weight excluding hydrogens is 365 g/mol. The summed E-state index contributed by atoms with van der Waals surface area (Å²) in [5.74, 6) is -0.661. The summed E-state index contributed by atoms with van der Waals surface area (Å²) in [5.41, 5.74) is -0.486. The molecule has 5 nitrogen and oxygen atoms in total. The molecule has 2 aromatic rings. The zero-order valence-corrected chi connectivity index (χ0v) is 15.4. The molecule has 0 aliphatic heterocycles. The molecule has 0 atom stereocenters. The molecular formula is C18H19Cl2NO4. The highest BCUT2D eigenvalue weighted by Gasteiger charge is 2.29. The smallest absolute Gasteiger partial charge is 0.356 e. The van der Waals surface area contributed by atoms with E-state index in [0.29, 0.717) is 29.8 Å². The first kappa shape index (κ1) is 18.1. The van der Waals surface area contributed by atoms with Crippen molar-refractivity contribution in [2.45, 2.75) is 39.2 Å². The first-order valence-corrected chi connectivity index (χ1v) is 9.11. The summed E-state index contributed by atoms with van der Waals surface area (Å²) in [6.07, 6.45) is 3.69. The van der Waals surface area contributed by atoms with Crippen molar-refractivity contribution in [2.24, 2.45) is 5.92 Å². The second kappa shape index (κ2) is 7.26. The number of nitrogens with zero attached hydrogens (tertiary/aromatic N) is 1. The van der Waals surface area contributed by atoms with E-state index in [1.807, 2.05) is 6.92 Å². The molecule has 1 aliphatic carbocycles. The summed E-state index contributed by atoms with van der Waals surface area (Å²) >= 11 is 12.2. The molecule has 134 valence electrons. The van der Waals surface area contributed by atoms with Crippen LogP contribution in [-0.2, 0) is 6.54 Å². The fraction of sp³-hybridized carbons (Fsp3) is 0.444. The Hall–Kier alpha value is -1.72. The maximum absolute atomic E-state index is 12.9. The molecule has 0 saturated heterocycles. The van der Waals surface area contributed by atoms with Gasteiger partial charge in [0, 0.05) is 11.9 Å². The van der Waals surface area contributed by atoms with Crippen LogP contribution in [0, 0.1) is 5.92 Å². The average Bonchev–Trinajstić information content (AvgIpc) is 3.37. The lowest BCUT2D eigenvalue weighted by Gasteiger charge is -2.18. The topological polar surface area (TPSA) is 68.5 Å². The standard InChI is InChI=1S/C18H19Cl2NO4/c1-2-3-6-25-16-11-7-13(19)14(20)8-12(11)17(22)21(9-10-4-5-10)15(16)18(23)24/h7-8,10H,2-6,9H2,1H3,(H,23,24). The molecule has 1 heterocycles. The lowest BCUT2D eigenvalue weighted by molar-refractivity contribution is 0.0677. The number of ether oxygens (including phenoxy) is 1. The van der Waals surface area contributed by atoms with Crippen molar-refractivity contribution in [3.05, 3.63) is 38.2 Å². The fourth-order valence-electron chi connectivity index (χ4n) is 2.82. The lowest BCUT2D eigenvalue weighted by atomic mass is 10.1. The van der Waals surface area contributed by atoms with Gasteiger partial charge in [0.15, 0.2) is 11.4 Å². The predicted octanol–water partition coefficient (Wildman–Crippen LogP) is 4.60. The fourth-order valence-corrected chi connectivity index (χ4v) is 3.15. The molecule has 0 bridgehead atoms. The van der Waals surface area contributed by atoms with Gasteiger partial charge < -0.3 is 9.84 Å². The van der Waals surface area contributed by atoms with Crippen molar-refractivity contribution < 1.29 is 14.6 Å². The van der Waals surface area contributed by atoms with Gasteiger partial charge in [0.1, 0.15) is 0 Å². The Morgan fingerprint density at radius 3 is 2.48 bits per heavy atom. The van der Waals surface area contributed by atoms with Crippen LogP contribution in [0.15, 0.2) is 16.9 Å². The van der Waals surface area contributed by atoms with Gasteiger partial charge in [0.05, 0.1) is 22.0 Å². The predicted molar refractivity (Wildman–Crippen MR) is 98.3 cm³/mol. The number of fused-ring (bicyclic) bond motifs is 1. The molecule has 0 amide bonds. The Bertz CT molecular complexity index is 887. The highest BCUT2D eigenvalue weighted by molar-refractivity contribution is 6.42. The molecule has 0 unspecified atom stereocenters. The molecule has 25 heavy (non-hydrogen) atoms. The van der Waals surface area contributed by atoms with Crippen molar-refractivity contribution in [2.75, 3.05) is 6.61 Å². The average molecular weight is 384 g/mol. The molecule has 1 aromatic carbocycles. The van der Waals surface area contributed by atoms with Gasteiger partial charge in [-0.2, -0.15) is 0 Å². The third-order valence-electron chi connectivity index (χ3n) is 4.35. The largest absolute Gasteiger partial charge is 0.490 e. The van der Waals surface area contributed by atoms with Gasteiger partial charge in [-0.15, -0.1) is 0 Å². The molecule has 1 aromatic heterocycles. The van der Waals surface area contributed by atoms with Gasteiger partial charge >= 0.3 is 5.97 Å². The summed E-state index contributed by atoms with van der Waals surface area (Å²) < 4.78 is 7.12. The van der Waals surface area contributed by atoms with Crippen LogP contribution in [0.5, 0.6) is 5.75 Å². The number of halogens is 2. The van der Waals surface area contributed by atoms with Crippen molar-refractivity contribution in [1.29, 1.82) is 0 Å². The third kappa shape index (κ3) is 3.62. The number of hydrogen-bond acceptors (Lipinski definition) is 3. The van der Waals surface area contributed by atoms with E-state index < -0.39 is 5.97 Å². The number of aromatic carboxylic acids is 1. The molecule has 7 heteroatoms. The summed E-state index contributed by atoms with van der Waals surface area (Å²) in [5, 5.41) is 11.0. The minimum Gasteiger partial charge on any atom is -0.490 e. The van der Waals surface area contributed by atoms with Crippen LogP contribution in [0.1, 0.15) is 43.1 Å². The lowest BCUT2D eigenvalue weighted by Crippen LogP contribution is -2.28. The van der Waals surface area contributed by atoms with Crippen molar-refractivity contribution >= 4 is 39.9 Å². The SMILES string of the molecule is CCCCOc1c(C(=O)O)n(CC2CC2)c(=O)c2cc(Cl)c(Cl)cc12. The first-order chi connectivity index (χ1) is 11.9. The summed E-state index contributed by atoms with van der Waals surface area (Å²) in [4.78, 5) is 24.8. The van der Waals surface area contributed by atoms with Crippen molar-refractivity contribution in [3.63, 3.8) is 0 Å². The van der Waals surface area contributed by atoms with E-state index in [0.717, 1.165) is 25.7 Å². The summed E-state index contributed by atoms with van der Waals surface area (Å²) in [6, 6.07) is 3.00. The Morgan fingerprint density at radius 1 is 1.28 bits per heavy atom. The van der Waals surface area contributed by atoms with Crippen LogP contribution < -0.4 is 10.3 Å². The zero-order chi connectivity index (χ0) is 18.1. The van der Waals surface area contributed by atoms with E-state index in [1.165, 1.54) is 16.7 Å². The first-order valence-electron chi connectivity index (χ1n) is 8.35. The minimum absolute atomic E-state index is 0.112. The number of aromatic nitrogens is 1. The quantitative estimate of drug-likeness (QED) is 0.709. The molecule has 0 spiro atoms. The molecule has 1 fully saturated rings. The van der Waals surface area contributed by atoms with Gasteiger partial charge in [-0.05, 0) is 37.3 Å². The maximum Gasteiger partial charge on any atom is 0.356 e. The number of pyridine rings is 1. The van der Waals surface area contributed by atoms with Crippen LogP contribution >= 0.6 is 23.2 Å². The Kier molecular flexibility index (Phi) is 5.25. The van der Waals surface area contributed by atoms with Gasteiger partial charge in [0.25, 0.3) is 5.56 Å². The number of hydrogen-bond donors (Lipinski definition) is 1. The van der Waals surface area contributed by atoms with Gasteiger partial charge in [-0.3, -0.25) is 9.36 Å². The second-order valence-electron chi connectivity index (χ2n) is 6.36. The minimum atomic E-state index is -1.18. The van der Waals surface area contributed by atoms with Gasteiger partial charge in [-0.25, -0.2) is 4.79 Å². The van der Waals surface area contributed by atoms with Crippen LogP contribution in [-0.4, -0.2) is 22.2 Å². The Labute approximate surface area is 155 Å². The monoisotopic (exact) mass is 383 g/mol. The summed E-state index contributed by atoms with van der Waals surface area (Å²) in [7, 11) is 0. The number of rotatable bonds is 7. The van der Waals surface area contributed by atoms with Crippen LogP contribution in [0.2, 0.25) is 10.0 Å². The van der Waals surface area contributed by atoms with E-state index >= 15 is 0 Å². The van der Waals surface area contributed by atoms with Crippen molar-refractivity contribution in [1.82, 2.24) is 4.57 Å². The number of carboxylic acid groups (broad SMARTS) is 1. The number of carboxylic acids is 1. The van der Waals surface area contributed by atoms with Crippen LogP contribution in [0.4, 0.5) is 0 Å². The third-order valence-corrected chi connectivity index (χ3v) is 5.07. The maximum atomic E-state index is 12.9. The molecule has 1 N–H and O–H groups in total. The van der Waals surface area contributed by atoms with Gasteiger partial charge in [0.2, 0.25) is 0 Å². The second-order valence-corrected chi connectivity index (χ2v) is 7.17. The van der Waals surface area contributed by atoms with Crippen LogP contribution in [0.3, 0.4) is 0 Å². The Morgan fingerprint density at radius 2 is 1.92 bits per heavy atom. The number of benzene rings is 1. The Balaban J connectivity index is 2.29. The van der Waals surface area contributed by atoms with E-state index in [1.54, 1.807) is 0 Å². The van der Waals surface area contributed by atoms with E-state index in [2.05, 4.69) is 0 Å². The van der Waals surface area contributed by atoms with E-state index in [9.17, 15) is 14.7 Å². The number of unbranched alkanes of at least 4 members (excludes halogenated alkanes) is 1. The zero-order valence-electron chi connectivity index (χ0n) is 13.8. The molecule has 1 aliphatic rings. The molecule has 3 rings (SSSR count). The number of carbonyl (C=O) groups is 1. The van der Waals surface area contributed by atoms with Crippen LogP contribution in [0.25, 0.3) is 10.8 Å². The van der Waals surface area contributed by atoms with E-state index in [4.69, 9.17) is 27.9 Å². The van der Waals surface area contributed by atoms with Crippen molar-refractivity contribution in [3.8, 4) is 5.75 Å². The molecule has 1 saturated carbocycles. The summed E-state index contributed by atoms with van der Waals surface area (Å²) in [6.45, 7) is 2.76. The highest BCUT2D eigenvalue weighted by Crippen LogP contribution is 2.36. The van der Waals surface area contributed by atoms with E-state index in [-0.39, 0.29) is 27.0 Å². The van der Waals surface area contributed by atoms with Gasteiger partial charge in [-0.1, -0.05) is 36.5 Å². The molecule has 0 radical (unpaired) electrons. The normalized spacial score (nSPS) is 14.0. The highest BCUT2D eigenvalue weighted by atomic mass is 35.5.